The Bertz CT molecular complexity index is 902. The third-order valence-electron chi connectivity index (χ3n) is 3.49. The number of benzene rings is 2. The number of hydrogen-bond acceptors (Lipinski definition) is 4. The number of ether oxygens (including phenoxy) is 1. The van der Waals surface area contributed by atoms with E-state index in [1.54, 1.807) is 18.2 Å². The van der Waals surface area contributed by atoms with E-state index in [2.05, 4.69) is 10.3 Å². The van der Waals surface area contributed by atoms with Crippen molar-refractivity contribution in [1.82, 2.24) is 4.98 Å². The third kappa shape index (κ3) is 4.77. The molecule has 0 aliphatic carbocycles. The van der Waals surface area contributed by atoms with Gasteiger partial charge < -0.3 is 4.74 Å². The largest absolute Gasteiger partial charge is 0.494 e. The lowest BCUT2D eigenvalue weighted by Gasteiger charge is -2.02. The minimum atomic E-state index is -0.295. The second kappa shape index (κ2) is 8.40. The molecule has 0 saturated heterocycles. The van der Waals surface area contributed by atoms with Crippen LogP contribution in [0.2, 0.25) is 0 Å². The van der Waals surface area contributed by atoms with Crippen molar-refractivity contribution in [1.29, 1.82) is 0 Å². The quantitative estimate of drug-likeness (QED) is 0.623. The number of amides is 1. The number of nitrogens with one attached hydrogen (secondary N) is 1. The van der Waals surface area contributed by atoms with Crippen molar-refractivity contribution in [2.24, 2.45) is 0 Å². The maximum absolute atomic E-state index is 13.0. The Morgan fingerprint density at radius 3 is 2.62 bits per heavy atom. The molecule has 0 spiro atoms. The van der Waals surface area contributed by atoms with Gasteiger partial charge in [-0.3, -0.25) is 10.1 Å². The molecular formula is C20H17FN2O2S. The predicted molar refractivity (Wildman–Crippen MR) is 103 cm³/mol. The van der Waals surface area contributed by atoms with Gasteiger partial charge in [0.1, 0.15) is 11.6 Å². The van der Waals surface area contributed by atoms with Crippen molar-refractivity contribution in [3.8, 4) is 17.0 Å². The first-order chi connectivity index (χ1) is 12.6. The Morgan fingerprint density at radius 1 is 1.19 bits per heavy atom. The summed E-state index contributed by atoms with van der Waals surface area (Å²) in [6.45, 7) is 2.55. The van der Waals surface area contributed by atoms with E-state index in [1.807, 2.05) is 36.6 Å². The number of nitrogens with zero attached hydrogens (tertiary/aromatic N) is 1. The standard InChI is InChI=1S/C20H17FN2O2S/c1-2-25-17-10-3-14(4-11-17)5-12-19(24)23-20-22-18(13-26-20)15-6-8-16(21)9-7-15/h3-13H,2H2,1H3,(H,22,23,24)/b12-5+. The molecule has 1 aromatic heterocycles. The third-order valence-corrected chi connectivity index (χ3v) is 4.25. The zero-order valence-corrected chi connectivity index (χ0v) is 14.9. The Balaban J connectivity index is 1.60. The molecule has 0 saturated carbocycles. The lowest BCUT2D eigenvalue weighted by Crippen LogP contribution is -2.07. The van der Waals surface area contributed by atoms with Crippen LogP contribution in [0.1, 0.15) is 12.5 Å². The lowest BCUT2D eigenvalue weighted by molar-refractivity contribution is -0.111. The fourth-order valence-electron chi connectivity index (χ4n) is 2.25. The summed E-state index contributed by atoms with van der Waals surface area (Å²) in [5, 5.41) is 5.04. The van der Waals surface area contributed by atoms with Crippen molar-refractivity contribution in [3.05, 3.63) is 71.4 Å². The second-order valence-electron chi connectivity index (χ2n) is 5.37. The molecule has 3 rings (SSSR count). The molecule has 0 aliphatic heterocycles. The number of rotatable bonds is 6. The van der Waals surface area contributed by atoms with Gasteiger partial charge in [-0.2, -0.15) is 0 Å². The molecule has 1 amide bonds. The highest BCUT2D eigenvalue weighted by atomic mass is 32.1. The first-order valence-corrected chi connectivity index (χ1v) is 8.95. The van der Waals surface area contributed by atoms with Crippen LogP contribution in [0.5, 0.6) is 5.75 Å². The van der Waals surface area contributed by atoms with Gasteiger partial charge in [-0.25, -0.2) is 9.37 Å². The molecule has 0 atom stereocenters. The molecule has 3 aromatic rings. The van der Waals surface area contributed by atoms with Gasteiger partial charge in [-0.1, -0.05) is 12.1 Å². The molecule has 26 heavy (non-hydrogen) atoms. The predicted octanol–water partition coefficient (Wildman–Crippen LogP) is 5.00. The van der Waals surface area contributed by atoms with E-state index in [1.165, 1.54) is 29.5 Å². The van der Waals surface area contributed by atoms with E-state index in [0.29, 0.717) is 17.4 Å². The molecule has 2 aromatic carbocycles. The number of anilines is 1. The first-order valence-electron chi connectivity index (χ1n) is 8.07. The van der Waals surface area contributed by atoms with Gasteiger partial charge >= 0.3 is 0 Å². The Kier molecular flexibility index (Phi) is 5.76. The maximum atomic E-state index is 13.0. The summed E-state index contributed by atoms with van der Waals surface area (Å²) in [4.78, 5) is 16.4. The van der Waals surface area contributed by atoms with Crippen LogP contribution in [0.15, 0.2) is 60.0 Å². The Hall–Kier alpha value is -2.99. The van der Waals surface area contributed by atoms with Gasteiger partial charge in [0.05, 0.1) is 12.3 Å². The van der Waals surface area contributed by atoms with Gasteiger partial charge in [0.2, 0.25) is 5.91 Å². The summed E-state index contributed by atoms with van der Waals surface area (Å²) >= 11 is 1.32. The Morgan fingerprint density at radius 2 is 1.92 bits per heavy atom. The molecule has 1 heterocycles. The zero-order valence-electron chi connectivity index (χ0n) is 14.1. The lowest BCUT2D eigenvalue weighted by atomic mass is 10.2. The summed E-state index contributed by atoms with van der Waals surface area (Å²) in [6, 6.07) is 13.5. The van der Waals surface area contributed by atoms with Gasteiger partial charge in [-0.15, -0.1) is 11.3 Å². The molecule has 0 radical (unpaired) electrons. The summed E-state index contributed by atoms with van der Waals surface area (Å²) in [5.41, 5.74) is 2.39. The monoisotopic (exact) mass is 368 g/mol. The fraction of sp³-hybridized carbons (Fsp3) is 0.100. The number of halogens is 1. The topological polar surface area (TPSA) is 51.2 Å². The minimum Gasteiger partial charge on any atom is -0.494 e. The van der Waals surface area contributed by atoms with Gasteiger partial charge in [0.25, 0.3) is 0 Å². The fourth-order valence-corrected chi connectivity index (χ4v) is 2.97. The van der Waals surface area contributed by atoms with Crippen molar-refractivity contribution in [2.45, 2.75) is 6.92 Å². The maximum Gasteiger partial charge on any atom is 0.250 e. The van der Waals surface area contributed by atoms with Crippen LogP contribution >= 0.6 is 11.3 Å². The van der Waals surface area contributed by atoms with Crippen molar-refractivity contribution >= 4 is 28.5 Å². The molecule has 1 N–H and O–H groups in total. The van der Waals surface area contributed by atoms with E-state index < -0.39 is 0 Å². The smallest absolute Gasteiger partial charge is 0.250 e. The second-order valence-corrected chi connectivity index (χ2v) is 6.23. The van der Waals surface area contributed by atoms with Gasteiger partial charge in [-0.05, 0) is 55.0 Å². The van der Waals surface area contributed by atoms with Crippen LogP contribution in [0, 0.1) is 5.82 Å². The average Bonchev–Trinajstić information content (AvgIpc) is 3.10. The summed E-state index contributed by atoms with van der Waals surface area (Å²) in [7, 11) is 0. The van der Waals surface area contributed by atoms with E-state index in [4.69, 9.17) is 4.74 Å². The van der Waals surface area contributed by atoms with Crippen LogP contribution in [0.4, 0.5) is 9.52 Å². The molecule has 0 aliphatic rings. The molecule has 0 fully saturated rings. The number of carbonyl (C=O) groups is 1. The van der Waals surface area contributed by atoms with Crippen LogP contribution in [-0.4, -0.2) is 17.5 Å². The van der Waals surface area contributed by atoms with Gasteiger partial charge in [0.15, 0.2) is 5.13 Å². The molecule has 4 nitrogen and oxygen atoms in total. The SMILES string of the molecule is CCOc1ccc(/C=C/C(=O)Nc2nc(-c3ccc(F)cc3)cs2)cc1. The van der Waals surface area contributed by atoms with Crippen molar-refractivity contribution < 1.29 is 13.9 Å². The summed E-state index contributed by atoms with van der Waals surface area (Å²) in [6.07, 6.45) is 3.17. The van der Waals surface area contributed by atoms with Crippen LogP contribution in [-0.2, 0) is 4.79 Å². The van der Waals surface area contributed by atoms with Crippen LogP contribution in [0.25, 0.3) is 17.3 Å². The molecule has 0 bridgehead atoms. The number of aromatic nitrogens is 1. The molecular weight excluding hydrogens is 351 g/mol. The normalized spacial score (nSPS) is 10.8. The number of carbonyl (C=O) groups excluding carboxylic acids is 1. The highest BCUT2D eigenvalue weighted by Gasteiger charge is 2.06. The number of hydrogen-bond donors (Lipinski definition) is 1. The van der Waals surface area contributed by atoms with E-state index in [9.17, 15) is 9.18 Å². The minimum absolute atomic E-state index is 0.265. The summed E-state index contributed by atoms with van der Waals surface area (Å²) < 4.78 is 18.4. The van der Waals surface area contributed by atoms with Gasteiger partial charge in [0, 0.05) is 17.0 Å². The molecule has 0 unspecified atom stereocenters. The van der Waals surface area contributed by atoms with Crippen molar-refractivity contribution in [3.63, 3.8) is 0 Å². The van der Waals surface area contributed by atoms with E-state index >= 15 is 0 Å². The molecule has 132 valence electrons. The molecule has 6 heteroatoms. The van der Waals surface area contributed by atoms with Crippen molar-refractivity contribution in [2.75, 3.05) is 11.9 Å². The summed E-state index contributed by atoms with van der Waals surface area (Å²) in [5.74, 6) is 0.237. The average molecular weight is 368 g/mol. The number of thiazole rings is 1. The van der Waals surface area contributed by atoms with E-state index in [0.717, 1.165) is 16.9 Å². The highest BCUT2D eigenvalue weighted by Crippen LogP contribution is 2.25. The Labute approximate surface area is 155 Å². The highest BCUT2D eigenvalue weighted by molar-refractivity contribution is 7.14. The van der Waals surface area contributed by atoms with E-state index in [-0.39, 0.29) is 11.7 Å². The first kappa shape index (κ1) is 17.8. The zero-order chi connectivity index (χ0) is 18.4. The van der Waals surface area contributed by atoms with Crippen LogP contribution in [0.3, 0.4) is 0 Å². The van der Waals surface area contributed by atoms with Crippen LogP contribution < -0.4 is 10.1 Å².